The van der Waals surface area contributed by atoms with Crippen LogP contribution in [0.25, 0.3) is 0 Å². The molecule has 0 spiro atoms. The minimum absolute atomic E-state index is 0.153. The Morgan fingerprint density at radius 2 is 2.07 bits per heavy atom. The van der Waals surface area contributed by atoms with E-state index in [1.54, 1.807) is 18.7 Å². The van der Waals surface area contributed by atoms with Gasteiger partial charge in [0, 0.05) is 18.8 Å². The summed E-state index contributed by atoms with van der Waals surface area (Å²) in [5.41, 5.74) is 0. The third-order valence-electron chi connectivity index (χ3n) is 1.58. The van der Waals surface area contributed by atoms with Gasteiger partial charge in [-0.1, -0.05) is 6.92 Å². The summed E-state index contributed by atoms with van der Waals surface area (Å²) in [5.74, 6) is -0.613. The Morgan fingerprint density at radius 1 is 1.43 bits per heavy atom. The van der Waals surface area contributed by atoms with Crippen LogP contribution >= 0.6 is 11.8 Å². The van der Waals surface area contributed by atoms with Crippen molar-refractivity contribution in [1.82, 2.24) is 10.6 Å². The Labute approximate surface area is 87.6 Å². The van der Waals surface area contributed by atoms with Gasteiger partial charge in [0.1, 0.15) is 0 Å². The number of aliphatic carboxylic acids is 1. The molecule has 6 heteroatoms. The van der Waals surface area contributed by atoms with Gasteiger partial charge in [-0.15, -0.1) is 0 Å². The highest BCUT2D eigenvalue weighted by Crippen LogP contribution is 1.91. The van der Waals surface area contributed by atoms with Gasteiger partial charge in [0.25, 0.3) is 0 Å². The summed E-state index contributed by atoms with van der Waals surface area (Å²) in [6, 6.07) is -0.313. The van der Waals surface area contributed by atoms with Crippen LogP contribution < -0.4 is 10.6 Å². The zero-order valence-electron chi connectivity index (χ0n) is 8.37. The van der Waals surface area contributed by atoms with Gasteiger partial charge in [0.2, 0.25) is 0 Å². The summed E-state index contributed by atoms with van der Waals surface area (Å²) in [4.78, 5) is 21.4. The summed E-state index contributed by atoms with van der Waals surface area (Å²) >= 11 is 1.64. The largest absolute Gasteiger partial charge is 0.481 e. The highest BCUT2D eigenvalue weighted by Gasteiger charge is 2.11. The van der Waals surface area contributed by atoms with E-state index in [-0.39, 0.29) is 12.6 Å². The molecule has 0 fully saturated rings. The van der Waals surface area contributed by atoms with Crippen LogP contribution in [0.5, 0.6) is 0 Å². The first-order chi connectivity index (χ1) is 6.57. The maximum Gasteiger partial charge on any atom is 0.314 e. The first kappa shape index (κ1) is 13.1. The van der Waals surface area contributed by atoms with Crippen LogP contribution in [-0.2, 0) is 4.79 Å². The van der Waals surface area contributed by atoms with E-state index < -0.39 is 11.9 Å². The third kappa shape index (κ3) is 6.59. The van der Waals surface area contributed by atoms with E-state index in [0.717, 1.165) is 5.75 Å². The fourth-order valence-corrected chi connectivity index (χ4v) is 0.968. The second-order valence-electron chi connectivity index (χ2n) is 2.87. The predicted molar refractivity (Wildman–Crippen MR) is 56.6 cm³/mol. The minimum Gasteiger partial charge on any atom is -0.481 e. The van der Waals surface area contributed by atoms with Crippen molar-refractivity contribution in [3.63, 3.8) is 0 Å². The molecule has 14 heavy (non-hydrogen) atoms. The van der Waals surface area contributed by atoms with Gasteiger partial charge in [0.15, 0.2) is 0 Å². The second-order valence-corrected chi connectivity index (χ2v) is 3.85. The number of carbonyl (C=O) groups excluding carboxylic acids is 1. The van der Waals surface area contributed by atoms with Crippen molar-refractivity contribution in [2.45, 2.75) is 6.92 Å². The van der Waals surface area contributed by atoms with Crippen molar-refractivity contribution >= 4 is 23.8 Å². The van der Waals surface area contributed by atoms with Crippen molar-refractivity contribution in [3.05, 3.63) is 0 Å². The van der Waals surface area contributed by atoms with Crippen LogP contribution in [0, 0.1) is 5.92 Å². The summed E-state index contributed by atoms with van der Waals surface area (Å²) in [5, 5.41) is 13.6. The molecule has 0 saturated heterocycles. The van der Waals surface area contributed by atoms with Gasteiger partial charge in [0.05, 0.1) is 5.92 Å². The van der Waals surface area contributed by atoms with E-state index in [4.69, 9.17) is 5.11 Å². The molecule has 0 rings (SSSR count). The average Bonchev–Trinajstić information content (AvgIpc) is 2.14. The maximum absolute atomic E-state index is 11.0. The molecule has 0 radical (unpaired) electrons. The minimum atomic E-state index is -0.908. The van der Waals surface area contributed by atoms with Gasteiger partial charge in [-0.25, -0.2) is 4.79 Å². The summed E-state index contributed by atoms with van der Waals surface area (Å²) in [6.45, 7) is 2.29. The van der Waals surface area contributed by atoms with Crippen molar-refractivity contribution in [3.8, 4) is 0 Å². The lowest BCUT2D eigenvalue weighted by Crippen LogP contribution is -2.40. The third-order valence-corrected chi connectivity index (χ3v) is 2.19. The summed E-state index contributed by atoms with van der Waals surface area (Å²) < 4.78 is 0. The number of hydrogen-bond donors (Lipinski definition) is 3. The predicted octanol–water partition coefficient (Wildman–Crippen LogP) is 0.369. The molecular weight excluding hydrogens is 204 g/mol. The van der Waals surface area contributed by atoms with Crippen LogP contribution in [0.4, 0.5) is 4.79 Å². The van der Waals surface area contributed by atoms with E-state index in [2.05, 4.69) is 10.6 Å². The van der Waals surface area contributed by atoms with E-state index in [0.29, 0.717) is 6.54 Å². The highest BCUT2D eigenvalue weighted by molar-refractivity contribution is 7.98. The number of carboxylic acid groups (broad SMARTS) is 1. The molecule has 0 saturated carbocycles. The molecule has 0 aliphatic rings. The zero-order chi connectivity index (χ0) is 11.0. The van der Waals surface area contributed by atoms with Crippen LogP contribution in [0.1, 0.15) is 6.92 Å². The molecule has 0 aliphatic carbocycles. The van der Waals surface area contributed by atoms with Crippen molar-refractivity contribution in [1.29, 1.82) is 0 Å². The Bertz CT molecular complexity index is 199. The monoisotopic (exact) mass is 220 g/mol. The lowest BCUT2D eigenvalue weighted by atomic mass is 10.2. The molecular formula is C8H16N2O3S. The molecule has 0 aliphatic heterocycles. The Morgan fingerprint density at radius 3 is 2.57 bits per heavy atom. The smallest absolute Gasteiger partial charge is 0.314 e. The van der Waals surface area contributed by atoms with Crippen LogP contribution in [0.2, 0.25) is 0 Å². The molecule has 0 heterocycles. The number of carbonyl (C=O) groups is 2. The Balaban J connectivity index is 3.48. The number of rotatable bonds is 6. The molecule has 5 nitrogen and oxygen atoms in total. The maximum atomic E-state index is 11.0. The quantitative estimate of drug-likeness (QED) is 0.565. The lowest BCUT2D eigenvalue weighted by molar-refractivity contribution is -0.140. The standard InChI is InChI=1S/C8H16N2O3S/c1-6(7(11)12)5-10-8(13)9-3-4-14-2/h6H,3-5H2,1-2H3,(H,11,12)(H2,9,10,13). The fraction of sp³-hybridized carbons (Fsp3) is 0.750. The SMILES string of the molecule is CSCCNC(=O)NCC(C)C(=O)O. The van der Waals surface area contributed by atoms with E-state index >= 15 is 0 Å². The van der Waals surface area contributed by atoms with E-state index in [1.807, 2.05) is 6.26 Å². The summed E-state index contributed by atoms with van der Waals surface area (Å²) in [6.07, 6.45) is 1.95. The molecule has 0 bridgehead atoms. The number of amides is 2. The molecule has 2 amide bonds. The van der Waals surface area contributed by atoms with Gasteiger partial charge >= 0.3 is 12.0 Å². The van der Waals surface area contributed by atoms with Crippen LogP contribution in [-0.4, -0.2) is 42.2 Å². The van der Waals surface area contributed by atoms with Crippen LogP contribution in [0.3, 0.4) is 0 Å². The second kappa shape index (κ2) is 7.49. The molecule has 82 valence electrons. The van der Waals surface area contributed by atoms with Gasteiger partial charge in [-0.05, 0) is 6.26 Å². The molecule has 1 unspecified atom stereocenters. The first-order valence-electron chi connectivity index (χ1n) is 4.31. The Hall–Kier alpha value is -0.910. The van der Waals surface area contributed by atoms with Gasteiger partial charge in [-0.2, -0.15) is 11.8 Å². The molecule has 0 aromatic heterocycles. The van der Waals surface area contributed by atoms with E-state index in [9.17, 15) is 9.59 Å². The molecule has 0 aromatic rings. The zero-order valence-corrected chi connectivity index (χ0v) is 9.19. The molecule has 1 atom stereocenters. The highest BCUT2D eigenvalue weighted by atomic mass is 32.2. The number of thioether (sulfide) groups is 1. The van der Waals surface area contributed by atoms with E-state index in [1.165, 1.54) is 0 Å². The van der Waals surface area contributed by atoms with Gasteiger partial charge in [-0.3, -0.25) is 4.79 Å². The van der Waals surface area contributed by atoms with Crippen molar-refractivity contribution < 1.29 is 14.7 Å². The first-order valence-corrected chi connectivity index (χ1v) is 5.70. The molecule has 3 N–H and O–H groups in total. The average molecular weight is 220 g/mol. The summed E-state index contributed by atoms with van der Waals surface area (Å²) in [7, 11) is 0. The van der Waals surface area contributed by atoms with Crippen LogP contribution in [0.15, 0.2) is 0 Å². The Kier molecular flexibility index (Phi) is 7.00. The van der Waals surface area contributed by atoms with Crippen molar-refractivity contribution in [2.75, 3.05) is 25.1 Å². The number of carboxylic acids is 1. The topological polar surface area (TPSA) is 78.4 Å². The number of nitrogens with one attached hydrogen (secondary N) is 2. The normalized spacial score (nSPS) is 11.9. The van der Waals surface area contributed by atoms with Gasteiger partial charge < -0.3 is 15.7 Å². The van der Waals surface area contributed by atoms with Crippen molar-refractivity contribution in [2.24, 2.45) is 5.92 Å². The lowest BCUT2D eigenvalue weighted by Gasteiger charge is -2.09. The fourth-order valence-electron chi connectivity index (χ4n) is 0.662. The number of urea groups is 1. The molecule has 0 aromatic carbocycles. The number of hydrogen-bond acceptors (Lipinski definition) is 3.